The van der Waals surface area contributed by atoms with Crippen molar-refractivity contribution in [3.8, 4) is 0 Å². The van der Waals surface area contributed by atoms with Gasteiger partial charge in [0.05, 0.1) is 13.7 Å². The molecule has 0 amide bonds. The van der Waals surface area contributed by atoms with Crippen LogP contribution in [0.2, 0.25) is 0 Å². The maximum atomic E-state index is 5.69. The van der Waals surface area contributed by atoms with E-state index in [1.54, 1.807) is 0 Å². The van der Waals surface area contributed by atoms with Crippen molar-refractivity contribution in [3.05, 3.63) is 5.82 Å². The standard InChI is InChI=1S/C12H21N5O/c1-17-15-11(14-16-17)7-12(5-2-6-18-9-12)8-13-10-3-4-10/h10,13H,2-9H2,1H3. The highest BCUT2D eigenvalue weighted by Gasteiger charge is 2.36. The number of aromatic nitrogens is 4. The van der Waals surface area contributed by atoms with Crippen molar-refractivity contribution in [1.82, 2.24) is 25.5 Å². The van der Waals surface area contributed by atoms with Crippen molar-refractivity contribution in [2.75, 3.05) is 19.8 Å². The van der Waals surface area contributed by atoms with Crippen molar-refractivity contribution in [2.45, 2.75) is 38.1 Å². The SMILES string of the molecule is Cn1nnc(CC2(CNC3CC3)CCCOC2)n1. The minimum atomic E-state index is 0.157. The molecule has 1 aliphatic carbocycles. The van der Waals surface area contributed by atoms with Crippen molar-refractivity contribution < 1.29 is 4.74 Å². The first kappa shape index (κ1) is 12.0. The Balaban J connectivity index is 1.66. The highest BCUT2D eigenvalue weighted by Crippen LogP contribution is 2.32. The van der Waals surface area contributed by atoms with Gasteiger partial charge in [-0.15, -0.1) is 10.2 Å². The van der Waals surface area contributed by atoms with Crippen molar-refractivity contribution >= 4 is 0 Å². The summed E-state index contributed by atoms with van der Waals surface area (Å²) in [7, 11) is 1.81. The third kappa shape index (κ3) is 2.87. The molecule has 0 bridgehead atoms. The zero-order valence-electron chi connectivity index (χ0n) is 10.9. The lowest BCUT2D eigenvalue weighted by Crippen LogP contribution is -2.43. The molecule has 2 aliphatic rings. The van der Waals surface area contributed by atoms with Crippen LogP contribution in [0.4, 0.5) is 0 Å². The number of hydrogen-bond acceptors (Lipinski definition) is 5. The van der Waals surface area contributed by atoms with Crippen LogP contribution in [0.25, 0.3) is 0 Å². The predicted octanol–water partition coefficient (Wildman–Crippen LogP) is 0.301. The average molecular weight is 251 g/mol. The van der Waals surface area contributed by atoms with Gasteiger partial charge in [0.2, 0.25) is 0 Å². The van der Waals surface area contributed by atoms with Crippen LogP contribution in [0.15, 0.2) is 0 Å². The van der Waals surface area contributed by atoms with Crippen LogP contribution < -0.4 is 5.32 Å². The van der Waals surface area contributed by atoms with Gasteiger partial charge in [0.25, 0.3) is 0 Å². The molecule has 1 aliphatic heterocycles. The average Bonchev–Trinajstić information content (AvgIpc) is 3.12. The molecule has 1 N–H and O–H groups in total. The number of ether oxygens (including phenoxy) is 1. The monoisotopic (exact) mass is 251 g/mol. The minimum Gasteiger partial charge on any atom is -0.381 e. The van der Waals surface area contributed by atoms with Gasteiger partial charge in [-0.05, 0) is 30.9 Å². The number of aryl methyl sites for hydroxylation is 1. The highest BCUT2D eigenvalue weighted by molar-refractivity contribution is 4.95. The molecule has 2 heterocycles. The summed E-state index contributed by atoms with van der Waals surface area (Å²) in [6.45, 7) is 2.71. The second kappa shape index (κ2) is 4.93. The van der Waals surface area contributed by atoms with Crippen molar-refractivity contribution in [3.63, 3.8) is 0 Å². The first-order valence-electron chi connectivity index (χ1n) is 6.80. The van der Waals surface area contributed by atoms with Crippen LogP contribution in [0.3, 0.4) is 0 Å². The topological polar surface area (TPSA) is 64.9 Å². The fourth-order valence-corrected chi connectivity index (χ4v) is 2.63. The van der Waals surface area contributed by atoms with Gasteiger partial charge in [-0.1, -0.05) is 0 Å². The molecule has 3 rings (SSSR count). The van der Waals surface area contributed by atoms with E-state index in [9.17, 15) is 0 Å². The second-order valence-electron chi connectivity index (χ2n) is 5.68. The van der Waals surface area contributed by atoms with Crippen LogP contribution in [0.5, 0.6) is 0 Å². The Hall–Kier alpha value is -1.01. The molecule has 100 valence electrons. The normalized spacial score (nSPS) is 28.5. The molecule has 6 heteroatoms. The van der Waals surface area contributed by atoms with Gasteiger partial charge in [-0.25, -0.2) is 0 Å². The first-order valence-corrected chi connectivity index (χ1v) is 6.80. The van der Waals surface area contributed by atoms with E-state index in [1.165, 1.54) is 24.1 Å². The largest absolute Gasteiger partial charge is 0.381 e. The van der Waals surface area contributed by atoms with Gasteiger partial charge in [-0.3, -0.25) is 0 Å². The molecule has 6 nitrogen and oxygen atoms in total. The molecular weight excluding hydrogens is 230 g/mol. The zero-order valence-corrected chi connectivity index (χ0v) is 10.9. The summed E-state index contributed by atoms with van der Waals surface area (Å²) in [5.74, 6) is 0.834. The van der Waals surface area contributed by atoms with Gasteiger partial charge in [0.15, 0.2) is 5.82 Å². The van der Waals surface area contributed by atoms with Gasteiger partial charge in [0.1, 0.15) is 0 Å². The second-order valence-corrected chi connectivity index (χ2v) is 5.68. The maximum Gasteiger partial charge on any atom is 0.175 e. The number of nitrogens with zero attached hydrogens (tertiary/aromatic N) is 4. The molecule has 18 heavy (non-hydrogen) atoms. The molecular formula is C12H21N5O. The molecule has 1 aromatic heterocycles. The van der Waals surface area contributed by atoms with E-state index in [2.05, 4.69) is 20.7 Å². The minimum absolute atomic E-state index is 0.157. The van der Waals surface area contributed by atoms with Crippen LogP contribution in [0, 0.1) is 5.41 Å². The maximum absolute atomic E-state index is 5.69. The van der Waals surface area contributed by atoms with Gasteiger partial charge < -0.3 is 10.1 Å². The quantitative estimate of drug-likeness (QED) is 0.815. The Morgan fingerprint density at radius 3 is 3.00 bits per heavy atom. The molecule has 1 unspecified atom stereocenters. The van der Waals surface area contributed by atoms with E-state index in [0.29, 0.717) is 0 Å². The summed E-state index contributed by atoms with van der Waals surface area (Å²) in [5, 5.41) is 16.0. The highest BCUT2D eigenvalue weighted by atomic mass is 16.5. The number of rotatable bonds is 5. The number of hydrogen-bond donors (Lipinski definition) is 1. The molecule has 1 atom stereocenters. The smallest absolute Gasteiger partial charge is 0.175 e. The predicted molar refractivity (Wildman–Crippen MR) is 66.0 cm³/mol. The van der Waals surface area contributed by atoms with E-state index in [-0.39, 0.29) is 5.41 Å². The van der Waals surface area contributed by atoms with Crippen LogP contribution in [-0.2, 0) is 18.2 Å². The van der Waals surface area contributed by atoms with E-state index in [1.807, 2.05) is 7.05 Å². The zero-order chi connectivity index (χ0) is 12.4. The lowest BCUT2D eigenvalue weighted by atomic mass is 9.79. The van der Waals surface area contributed by atoms with Gasteiger partial charge >= 0.3 is 0 Å². The summed E-state index contributed by atoms with van der Waals surface area (Å²) in [5.41, 5.74) is 0.157. The summed E-state index contributed by atoms with van der Waals surface area (Å²) in [6, 6.07) is 0.735. The van der Waals surface area contributed by atoms with Gasteiger partial charge in [-0.2, -0.15) is 4.80 Å². The molecule has 0 radical (unpaired) electrons. The fraction of sp³-hybridized carbons (Fsp3) is 0.917. The molecule has 1 saturated heterocycles. The summed E-state index contributed by atoms with van der Waals surface area (Å²) in [6.07, 6.45) is 5.82. The summed E-state index contributed by atoms with van der Waals surface area (Å²) >= 11 is 0. The van der Waals surface area contributed by atoms with Crippen LogP contribution >= 0.6 is 0 Å². The lowest BCUT2D eigenvalue weighted by molar-refractivity contribution is -0.00839. The molecule has 0 aromatic carbocycles. The molecule has 1 saturated carbocycles. The molecule has 0 spiro atoms. The van der Waals surface area contributed by atoms with E-state index < -0.39 is 0 Å². The van der Waals surface area contributed by atoms with E-state index in [4.69, 9.17) is 4.74 Å². The Bertz CT molecular complexity index is 395. The lowest BCUT2D eigenvalue weighted by Gasteiger charge is -2.36. The number of nitrogens with one attached hydrogen (secondary N) is 1. The van der Waals surface area contributed by atoms with Crippen LogP contribution in [0.1, 0.15) is 31.5 Å². The van der Waals surface area contributed by atoms with E-state index >= 15 is 0 Å². The Morgan fingerprint density at radius 1 is 1.50 bits per heavy atom. The van der Waals surface area contributed by atoms with E-state index in [0.717, 1.165) is 44.5 Å². The van der Waals surface area contributed by atoms with Crippen molar-refractivity contribution in [2.24, 2.45) is 12.5 Å². The molecule has 1 aromatic rings. The Morgan fingerprint density at radius 2 is 2.39 bits per heavy atom. The molecule has 2 fully saturated rings. The van der Waals surface area contributed by atoms with Crippen LogP contribution in [-0.4, -0.2) is 46.0 Å². The summed E-state index contributed by atoms with van der Waals surface area (Å²) in [4.78, 5) is 1.53. The summed E-state index contributed by atoms with van der Waals surface area (Å²) < 4.78 is 5.69. The fourth-order valence-electron chi connectivity index (χ4n) is 2.63. The third-order valence-corrected chi connectivity index (χ3v) is 3.83. The Kier molecular flexibility index (Phi) is 3.30. The van der Waals surface area contributed by atoms with Crippen molar-refractivity contribution in [1.29, 1.82) is 0 Å². The van der Waals surface area contributed by atoms with Gasteiger partial charge in [0, 0.05) is 31.0 Å². The Labute approximate surface area is 107 Å². The first-order chi connectivity index (χ1) is 8.76. The number of tetrazole rings is 1. The third-order valence-electron chi connectivity index (χ3n) is 3.83.